The van der Waals surface area contributed by atoms with Gasteiger partial charge in [-0.1, -0.05) is 12.1 Å². The van der Waals surface area contributed by atoms with Crippen molar-refractivity contribution >= 4 is 11.6 Å². The average Bonchev–Trinajstić information content (AvgIpc) is 2.31. The predicted octanol–water partition coefficient (Wildman–Crippen LogP) is 2.47. The van der Waals surface area contributed by atoms with Gasteiger partial charge in [0.25, 0.3) is 5.91 Å². The monoisotopic (exact) mass is 216 g/mol. The zero-order valence-electron chi connectivity index (χ0n) is 8.35. The van der Waals surface area contributed by atoms with Crippen molar-refractivity contribution in [1.29, 1.82) is 0 Å². The van der Waals surface area contributed by atoms with Gasteiger partial charge in [-0.15, -0.1) is 0 Å². The molecule has 0 unspecified atom stereocenters. The third-order valence-corrected chi connectivity index (χ3v) is 2.06. The Bertz CT molecular complexity index is 499. The summed E-state index contributed by atoms with van der Waals surface area (Å²) in [6, 6.07) is 9.12. The molecule has 0 spiro atoms. The molecule has 1 amide bonds. The van der Waals surface area contributed by atoms with E-state index in [2.05, 4.69) is 10.3 Å². The van der Waals surface area contributed by atoms with Crippen LogP contribution in [0.25, 0.3) is 0 Å². The van der Waals surface area contributed by atoms with E-state index >= 15 is 0 Å². The van der Waals surface area contributed by atoms with Gasteiger partial charge in [0.05, 0.1) is 5.56 Å². The first-order valence-electron chi connectivity index (χ1n) is 4.73. The lowest BCUT2D eigenvalue weighted by Crippen LogP contribution is -2.13. The second-order valence-corrected chi connectivity index (χ2v) is 3.17. The van der Waals surface area contributed by atoms with Crippen LogP contribution in [0, 0.1) is 5.82 Å². The van der Waals surface area contributed by atoms with Crippen molar-refractivity contribution in [3.63, 3.8) is 0 Å². The number of nitrogens with zero attached hydrogens (tertiary/aromatic N) is 1. The number of benzene rings is 1. The maximum atomic E-state index is 13.3. The molecule has 0 aliphatic heterocycles. The Balaban J connectivity index is 2.19. The fraction of sp³-hybridized carbons (Fsp3) is 0. The second-order valence-electron chi connectivity index (χ2n) is 3.17. The van der Waals surface area contributed by atoms with E-state index in [4.69, 9.17) is 0 Å². The number of amides is 1. The first kappa shape index (κ1) is 10.3. The van der Waals surface area contributed by atoms with E-state index in [0.717, 1.165) is 0 Å². The largest absolute Gasteiger partial charge is 0.322 e. The lowest BCUT2D eigenvalue weighted by Gasteiger charge is -2.04. The van der Waals surface area contributed by atoms with E-state index in [1.54, 1.807) is 36.7 Å². The number of anilines is 1. The van der Waals surface area contributed by atoms with Crippen LogP contribution < -0.4 is 5.32 Å². The molecular formula is C12H9FN2O. The van der Waals surface area contributed by atoms with Crippen LogP contribution in [0.15, 0.2) is 48.8 Å². The third-order valence-electron chi connectivity index (χ3n) is 2.06. The molecular weight excluding hydrogens is 207 g/mol. The van der Waals surface area contributed by atoms with Gasteiger partial charge in [0.1, 0.15) is 5.82 Å². The molecule has 0 saturated carbocycles. The predicted molar refractivity (Wildman–Crippen MR) is 58.6 cm³/mol. The minimum Gasteiger partial charge on any atom is -0.322 e. The summed E-state index contributed by atoms with van der Waals surface area (Å²) in [5, 5.41) is 2.58. The van der Waals surface area contributed by atoms with Gasteiger partial charge in [0, 0.05) is 18.1 Å². The summed E-state index contributed by atoms with van der Waals surface area (Å²) in [5.41, 5.74) is 0.613. The van der Waals surface area contributed by atoms with Crippen LogP contribution in [-0.2, 0) is 0 Å². The molecule has 0 fully saturated rings. The topological polar surface area (TPSA) is 42.0 Å². The number of halogens is 1. The van der Waals surface area contributed by atoms with Gasteiger partial charge in [-0.3, -0.25) is 9.78 Å². The summed E-state index contributed by atoms with van der Waals surface area (Å²) in [6.45, 7) is 0. The molecule has 1 aromatic heterocycles. The number of pyridine rings is 1. The SMILES string of the molecule is O=C(Nc1ccncc1)c1ccccc1F. The Hall–Kier alpha value is -2.23. The standard InChI is InChI=1S/C12H9FN2O/c13-11-4-2-1-3-10(11)12(16)15-9-5-7-14-8-6-9/h1-8H,(H,14,15,16). The highest BCUT2D eigenvalue weighted by molar-refractivity contribution is 6.04. The number of nitrogens with one attached hydrogen (secondary N) is 1. The molecule has 0 aliphatic rings. The zero-order chi connectivity index (χ0) is 11.4. The number of aromatic nitrogens is 1. The maximum absolute atomic E-state index is 13.3. The molecule has 0 atom stereocenters. The molecule has 2 aromatic rings. The van der Waals surface area contributed by atoms with Gasteiger partial charge >= 0.3 is 0 Å². The number of rotatable bonds is 2. The van der Waals surface area contributed by atoms with E-state index < -0.39 is 11.7 Å². The van der Waals surface area contributed by atoms with Crippen molar-refractivity contribution in [1.82, 2.24) is 4.98 Å². The van der Waals surface area contributed by atoms with Gasteiger partial charge in [0.15, 0.2) is 0 Å². The van der Waals surface area contributed by atoms with E-state index in [1.165, 1.54) is 12.1 Å². The lowest BCUT2D eigenvalue weighted by atomic mass is 10.2. The highest BCUT2D eigenvalue weighted by Gasteiger charge is 2.10. The van der Waals surface area contributed by atoms with Gasteiger partial charge in [-0.2, -0.15) is 0 Å². The second kappa shape index (κ2) is 4.53. The van der Waals surface area contributed by atoms with Crippen molar-refractivity contribution in [2.45, 2.75) is 0 Å². The highest BCUT2D eigenvalue weighted by Crippen LogP contribution is 2.10. The zero-order valence-corrected chi connectivity index (χ0v) is 8.35. The number of carbonyl (C=O) groups is 1. The van der Waals surface area contributed by atoms with Crippen LogP contribution in [0.5, 0.6) is 0 Å². The van der Waals surface area contributed by atoms with Crippen LogP contribution >= 0.6 is 0 Å². The third kappa shape index (κ3) is 2.23. The quantitative estimate of drug-likeness (QED) is 0.837. The van der Waals surface area contributed by atoms with E-state index in [0.29, 0.717) is 5.69 Å². The normalized spacial score (nSPS) is 9.81. The fourth-order valence-corrected chi connectivity index (χ4v) is 1.28. The molecule has 16 heavy (non-hydrogen) atoms. The van der Waals surface area contributed by atoms with Crippen LogP contribution in [0.3, 0.4) is 0 Å². The van der Waals surface area contributed by atoms with Crippen molar-refractivity contribution in [2.24, 2.45) is 0 Å². The molecule has 80 valence electrons. The smallest absolute Gasteiger partial charge is 0.258 e. The molecule has 2 rings (SSSR count). The molecule has 1 aromatic carbocycles. The van der Waals surface area contributed by atoms with Gasteiger partial charge in [0.2, 0.25) is 0 Å². The highest BCUT2D eigenvalue weighted by atomic mass is 19.1. The molecule has 0 radical (unpaired) electrons. The van der Waals surface area contributed by atoms with Crippen molar-refractivity contribution in [3.05, 3.63) is 60.2 Å². The molecule has 1 N–H and O–H groups in total. The fourth-order valence-electron chi connectivity index (χ4n) is 1.28. The maximum Gasteiger partial charge on any atom is 0.258 e. The summed E-state index contributed by atoms with van der Waals surface area (Å²) in [4.78, 5) is 15.5. The summed E-state index contributed by atoms with van der Waals surface area (Å²) in [5.74, 6) is -1.00. The Morgan fingerprint density at radius 1 is 1.12 bits per heavy atom. The van der Waals surface area contributed by atoms with Gasteiger partial charge < -0.3 is 5.32 Å². The Labute approximate surface area is 92.0 Å². The van der Waals surface area contributed by atoms with Gasteiger partial charge in [-0.25, -0.2) is 4.39 Å². The summed E-state index contributed by atoms with van der Waals surface area (Å²) >= 11 is 0. The van der Waals surface area contributed by atoms with Gasteiger partial charge in [-0.05, 0) is 24.3 Å². The number of hydrogen-bond acceptors (Lipinski definition) is 2. The number of hydrogen-bond donors (Lipinski definition) is 1. The molecule has 0 aliphatic carbocycles. The van der Waals surface area contributed by atoms with Crippen LogP contribution in [0.4, 0.5) is 10.1 Å². The van der Waals surface area contributed by atoms with Crippen molar-refractivity contribution in [2.75, 3.05) is 5.32 Å². The molecule has 4 heteroatoms. The van der Waals surface area contributed by atoms with Crippen molar-refractivity contribution in [3.8, 4) is 0 Å². The molecule has 0 bridgehead atoms. The Morgan fingerprint density at radius 2 is 1.81 bits per heavy atom. The Morgan fingerprint density at radius 3 is 2.50 bits per heavy atom. The summed E-state index contributed by atoms with van der Waals surface area (Å²) in [7, 11) is 0. The van der Waals surface area contributed by atoms with E-state index in [9.17, 15) is 9.18 Å². The van der Waals surface area contributed by atoms with Crippen LogP contribution in [0.1, 0.15) is 10.4 Å². The van der Waals surface area contributed by atoms with E-state index in [-0.39, 0.29) is 5.56 Å². The molecule has 1 heterocycles. The van der Waals surface area contributed by atoms with Crippen LogP contribution in [0.2, 0.25) is 0 Å². The van der Waals surface area contributed by atoms with Crippen molar-refractivity contribution < 1.29 is 9.18 Å². The summed E-state index contributed by atoms with van der Waals surface area (Å²) in [6.07, 6.45) is 3.11. The molecule has 3 nitrogen and oxygen atoms in total. The molecule has 0 saturated heterocycles. The minimum atomic E-state index is -0.533. The lowest BCUT2D eigenvalue weighted by molar-refractivity contribution is 0.102. The minimum absolute atomic E-state index is 0.0271. The Kier molecular flexibility index (Phi) is 2.91. The van der Waals surface area contributed by atoms with Crippen LogP contribution in [-0.4, -0.2) is 10.9 Å². The number of carbonyl (C=O) groups excluding carboxylic acids is 1. The first-order chi connectivity index (χ1) is 7.77. The first-order valence-corrected chi connectivity index (χ1v) is 4.73. The summed E-state index contributed by atoms with van der Waals surface area (Å²) < 4.78 is 13.3. The average molecular weight is 216 g/mol. The van der Waals surface area contributed by atoms with E-state index in [1.807, 2.05) is 0 Å².